The molecule has 1 aromatic carbocycles. The van der Waals surface area contributed by atoms with Crippen molar-refractivity contribution >= 4 is 0 Å². The first kappa shape index (κ1) is 18.1. The molecular formula is C18H19N5O5. The van der Waals surface area contributed by atoms with E-state index in [9.17, 15) is 20.2 Å². The molecule has 1 aromatic rings. The summed E-state index contributed by atoms with van der Waals surface area (Å²) < 4.78 is 5.34. The molecule has 10 heteroatoms. The Balaban J connectivity index is 1.70. The SMILES string of the molecule is O=[N+]([O-])C1=CC2=CNNC2=CC1(c1ccc(CN2CCOCC2)cc1)[N+](=O)[O-]. The zero-order valence-electron chi connectivity index (χ0n) is 15.0. The van der Waals surface area contributed by atoms with Gasteiger partial charge in [-0.25, -0.2) is 0 Å². The Kier molecular flexibility index (Phi) is 4.57. The lowest BCUT2D eigenvalue weighted by Crippen LogP contribution is -2.41. The minimum Gasteiger partial charge on any atom is -0.379 e. The molecule has 1 aliphatic carbocycles. The van der Waals surface area contributed by atoms with Crippen LogP contribution in [0.5, 0.6) is 0 Å². The van der Waals surface area contributed by atoms with Crippen LogP contribution in [0.3, 0.4) is 0 Å². The van der Waals surface area contributed by atoms with Crippen molar-refractivity contribution in [2.24, 2.45) is 0 Å². The fourth-order valence-corrected chi connectivity index (χ4v) is 3.68. The van der Waals surface area contributed by atoms with Gasteiger partial charge in [0.2, 0.25) is 0 Å². The van der Waals surface area contributed by atoms with Crippen molar-refractivity contribution in [2.45, 2.75) is 12.1 Å². The van der Waals surface area contributed by atoms with Crippen molar-refractivity contribution < 1.29 is 14.6 Å². The second-order valence-corrected chi connectivity index (χ2v) is 6.82. The van der Waals surface area contributed by atoms with E-state index in [0.29, 0.717) is 31.0 Å². The van der Waals surface area contributed by atoms with Gasteiger partial charge in [-0.2, -0.15) is 0 Å². The van der Waals surface area contributed by atoms with Crippen LogP contribution >= 0.6 is 0 Å². The van der Waals surface area contributed by atoms with Crippen LogP contribution < -0.4 is 10.9 Å². The van der Waals surface area contributed by atoms with Crippen molar-refractivity contribution in [2.75, 3.05) is 26.3 Å². The van der Waals surface area contributed by atoms with E-state index in [-0.39, 0.29) is 5.56 Å². The van der Waals surface area contributed by atoms with Crippen LogP contribution in [-0.2, 0) is 16.8 Å². The number of ether oxygens (including phenoxy) is 1. The smallest absolute Gasteiger partial charge is 0.355 e. The van der Waals surface area contributed by atoms with E-state index in [4.69, 9.17) is 4.74 Å². The zero-order valence-corrected chi connectivity index (χ0v) is 15.0. The van der Waals surface area contributed by atoms with Crippen molar-refractivity contribution in [3.05, 3.63) is 90.9 Å². The highest BCUT2D eigenvalue weighted by atomic mass is 16.6. The first-order chi connectivity index (χ1) is 13.5. The standard InChI is InChI=1S/C18H19N5O5/c24-22(25)17-9-14-11-19-20-16(14)10-18(17,23(26)27)15-3-1-13(2-4-15)12-21-5-7-28-8-6-21/h1-4,9-11,19-20H,5-8,12H2. The lowest BCUT2D eigenvalue weighted by Gasteiger charge is -2.27. The molecule has 2 heterocycles. The van der Waals surface area contributed by atoms with E-state index in [1.54, 1.807) is 24.3 Å². The Morgan fingerprint density at radius 2 is 1.86 bits per heavy atom. The van der Waals surface area contributed by atoms with Crippen molar-refractivity contribution in [1.82, 2.24) is 15.8 Å². The zero-order chi connectivity index (χ0) is 19.7. The summed E-state index contributed by atoms with van der Waals surface area (Å²) in [5, 5.41) is 23.8. The second kappa shape index (κ2) is 7.06. The van der Waals surface area contributed by atoms with Gasteiger partial charge in [0.1, 0.15) is 0 Å². The van der Waals surface area contributed by atoms with Gasteiger partial charge in [-0.15, -0.1) is 0 Å². The Hall–Kier alpha value is -3.24. The molecule has 2 N–H and O–H groups in total. The van der Waals surface area contributed by atoms with Gasteiger partial charge in [0.15, 0.2) is 0 Å². The van der Waals surface area contributed by atoms with Crippen LogP contribution in [-0.4, -0.2) is 41.0 Å². The highest BCUT2D eigenvalue weighted by Crippen LogP contribution is 2.41. The minimum atomic E-state index is -2.06. The average Bonchev–Trinajstić information content (AvgIpc) is 3.15. The third-order valence-electron chi connectivity index (χ3n) is 5.17. The van der Waals surface area contributed by atoms with E-state index < -0.39 is 21.1 Å². The van der Waals surface area contributed by atoms with Gasteiger partial charge in [-0.3, -0.25) is 25.1 Å². The maximum atomic E-state index is 12.1. The van der Waals surface area contributed by atoms with E-state index in [1.165, 1.54) is 18.4 Å². The molecule has 1 unspecified atom stereocenters. The molecule has 146 valence electrons. The molecule has 4 rings (SSSR count). The first-order valence-corrected chi connectivity index (χ1v) is 8.86. The maximum absolute atomic E-state index is 12.1. The summed E-state index contributed by atoms with van der Waals surface area (Å²) in [5.74, 6) is 0. The summed E-state index contributed by atoms with van der Waals surface area (Å²) in [5.41, 5.74) is 5.14. The molecule has 0 amide bonds. The Bertz CT molecular complexity index is 901. The molecular weight excluding hydrogens is 366 g/mol. The molecule has 0 saturated carbocycles. The highest BCUT2D eigenvalue weighted by Gasteiger charge is 2.57. The normalized spacial score (nSPS) is 24.2. The van der Waals surface area contributed by atoms with Crippen molar-refractivity contribution in [1.29, 1.82) is 0 Å². The summed E-state index contributed by atoms with van der Waals surface area (Å²) in [6.07, 6.45) is 4.07. The molecule has 0 bridgehead atoms. The van der Waals surface area contributed by atoms with Gasteiger partial charge in [0.05, 0.1) is 23.8 Å². The predicted molar refractivity (Wildman–Crippen MR) is 98.7 cm³/mol. The number of hydrogen-bond donors (Lipinski definition) is 2. The first-order valence-electron chi connectivity index (χ1n) is 8.86. The van der Waals surface area contributed by atoms with Gasteiger partial charge in [-0.1, -0.05) is 24.3 Å². The summed E-state index contributed by atoms with van der Waals surface area (Å²) in [7, 11) is 0. The molecule has 10 nitrogen and oxygen atoms in total. The molecule has 3 aliphatic rings. The van der Waals surface area contributed by atoms with Crippen LogP contribution in [0.25, 0.3) is 0 Å². The second-order valence-electron chi connectivity index (χ2n) is 6.82. The van der Waals surface area contributed by atoms with Gasteiger partial charge >= 0.3 is 11.2 Å². The Labute approximate surface area is 160 Å². The number of rotatable bonds is 5. The van der Waals surface area contributed by atoms with E-state index in [0.717, 1.165) is 18.7 Å². The minimum absolute atomic E-state index is 0.242. The van der Waals surface area contributed by atoms with Crippen LogP contribution in [0.4, 0.5) is 0 Å². The Morgan fingerprint density at radius 1 is 1.14 bits per heavy atom. The Morgan fingerprint density at radius 3 is 2.50 bits per heavy atom. The van der Waals surface area contributed by atoms with Crippen LogP contribution in [0.2, 0.25) is 0 Å². The van der Waals surface area contributed by atoms with Gasteiger partial charge in [0.25, 0.3) is 0 Å². The number of hydrazine groups is 1. The fraction of sp³-hybridized carbons (Fsp3) is 0.333. The number of fused-ring (bicyclic) bond motifs is 1. The van der Waals surface area contributed by atoms with Gasteiger partial charge < -0.3 is 15.6 Å². The predicted octanol–water partition coefficient (Wildman–Crippen LogP) is 1.04. The van der Waals surface area contributed by atoms with E-state index in [2.05, 4.69) is 15.8 Å². The number of benzene rings is 1. The third-order valence-corrected chi connectivity index (χ3v) is 5.17. The third kappa shape index (κ3) is 3.02. The number of allylic oxidation sites excluding steroid dienone is 1. The van der Waals surface area contributed by atoms with Crippen molar-refractivity contribution in [3.63, 3.8) is 0 Å². The topological polar surface area (TPSA) is 123 Å². The number of nitrogens with one attached hydrogen (secondary N) is 2. The molecule has 28 heavy (non-hydrogen) atoms. The molecule has 0 spiro atoms. The summed E-state index contributed by atoms with van der Waals surface area (Å²) in [6, 6.07) is 6.78. The molecule has 1 atom stereocenters. The number of nitrogens with zero attached hydrogens (tertiary/aromatic N) is 3. The van der Waals surface area contributed by atoms with Gasteiger partial charge in [0, 0.05) is 54.0 Å². The molecule has 0 radical (unpaired) electrons. The van der Waals surface area contributed by atoms with Crippen LogP contribution in [0.15, 0.2) is 59.6 Å². The summed E-state index contributed by atoms with van der Waals surface area (Å²) in [4.78, 5) is 24.7. The lowest BCUT2D eigenvalue weighted by molar-refractivity contribution is -0.592. The maximum Gasteiger partial charge on any atom is 0.355 e. The average molecular weight is 385 g/mol. The quantitative estimate of drug-likeness (QED) is 0.569. The van der Waals surface area contributed by atoms with E-state index in [1.807, 2.05) is 0 Å². The van der Waals surface area contributed by atoms with Gasteiger partial charge in [-0.05, 0) is 5.56 Å². The largest absolute Gasteiger partial charge is 0.379 e. The summed E-state index contributed by atoms with van der Waals surface area (Å²) >= 11 is 0. The lowest BCUT2D eigenvalue weighted by atomic mass is 9.81. The van der Waals surface area contributed by atoms with E-state index >= 15 is 0 Å². The number of morpholine rings is 1. The molecule has 0 aromatic heterocycles. The molecule has 1 saturated heterocycles. The number of hydrogen-bond acceptors (Lipinski definition) is 8. The molecule has 1 fully saturated rings. The van der Waals surface area contributed by atoms with Crippen LogP contribution in [0.1, 0.15) is 11.1 Å². The summed E-state index contributed by atoms with van der Waals surface area (Å²) in [6.45, 7) is 3.73. The van der Waals surface area contributed by atoms with Crippen molar-refractivity contribution in [3.8, 4) is 0 Å². The monoisotopic (exact) mass is 385 g/mol. The highest BCUT2D eigenvalue weighted by molar-refractivity contribution is 5.53. The fourth-order valence-electron chi connectivity index (χ4n) is 3.68. The molecule has 2 aliphatic heterocycles. The van der Waals surface area contributed by atoms with Crippen LogP contribution in [0, 0.1) is 20.2 Å². The number of nitro groups is 2.